The standard InChI is InChI=1S/C18H16N2O2S2/c1-12(13-6-3-2-4-7-13)20-17(22)16(24-18(20)23)11-19-14-8-5-9-15(21)10-14/h2-12,21-22H,1H3/t12-/m0/s1. The maximum atomic E-state index is 10.5. The second-order valence-electron chi connectivity index (χ2n) is 5.29. The predicted octanol–water partition coefficient (Wildman–Crippen LogP) is 5.05. The van der Waals surface area contributed by atoms with E-state index in [2.05, 4.69) is 4.99 Å². The Bertz CT molecular complexity index is 930. The fourth-order valence-electron chi connectivity index (χ4n) is 2.41. The van der Waals surface area contributed by atoms with E-state index in [1.165, 1.54) is 11.3 Å². The van der Waals surface area contributed by atoms with Crippen molar-refractivity contribution in [2.75, 3.05) is 0 Å². The number of rotatable bonds is 4. The summed E-state index contributed by atoms with van der Waals surface area (Å²) in [6.45, 7) is 1.99. The number of thiazole rings is 1. The van der Waals surface area contributed by atoms with Crippen LogP contribution in [0.2, 0.25) is 0 Å². The van der Waals surface area contributed by atoms with Gasteiger partial charge < -0.3 is 10.2 Å². The largest absolute Gasteiger partial charge is 0.508 e. The Balaban J connectivity index is 1.94. The van der Waals surface area contributed by atoms with E-state index >= 15 is 0 Å². The normalized spacial score (nSPS) is 12.5. The number of benzene rings is 2. The van der Waals surface area contributed by atoms with Gasteiger partial charge in [-0.2, -0.15) is 0 Å². The lowest BCUT2D eigenvalue weighted by molar-refractivity contribution is 0.405. The Hall–Kier alpha value is -2.44. The quantitative estimate of drug-likeness (QED) is 0.508. The Kier molecular flexibility index (Phi) is 4.78. The molecule has 0 saturated heterocycles. The fraction of sp³-hybridized carbons (Fsp3) is 0.111. The number of hydrogen-bond donors (Lipinski definition) is 2. The van der Waals surface area contributed by atoms with Crippen molar-refractivity contribution in [3.05, 3.63) is 69.0 Å². The number of aromatic nitrogens is 1. The number of aromatic hydroxyl groups is 2. The summed E-state index contributed by atoms with van der Waals surface area (Å²) in [4.78, 5) is 4.88. The molecule has 3 aromatic rings. The van der Waals surface area contributed by atoms with E-state index in [1.54, 1.807) is 35.0 Å². The molecule has 0 radical (unpaired) electrons. The first-order valence-electron chi connectivity index (χ1n) is 7.38. The molecule has 1 aromatic heterocycles. The van der Waals surface area contributed by atoms with Crippen molar-refractivity contribution >= 4 is 35.5 Å². The highest BCUT2D eigenvalue weighted by Gasteiger charge is 2.16. The van der Waals surface area contributed by atoms with Crippen LogP contribution in [0.1, 0.15) is 23.4 Å². The molecule has 4 nitrogen and oxygen atoms in total. The molecule has 1 atom stereocenters. The third-order valence-corrected chi connectivity index (χ3v) is 5.00. The maximum absolute atomic E-state index is 10.5. The van der Waals surface area contributed by atoms with Crippen LogP contribution in [0.3, 0.4) is 0 Å². The van der Waals surface area contributed by atoms with Gasteiger partial charge in [0.15, 0.2) is 3.95 Å². The number of phenolic OH excluding ortho intramolecular Hbond substituents is 1. The third kappa shape index (κ3) is 3.39. The fourth-order valence-corrected chi connectivity index (χ4v) is 3.75. The van der Waals surface area contributed by atoms with E-state index in [9.17, 15) is 10.2 Å². The van der Waals surface area contributed by atoms with E-state index < -0.39 is 0 Å². The van der Waals surface area contributed by atoms with Crippen LogP contribution in [0, 0.1) is 3.95 Å². The molecule has 24 heavy (non-hydrogen) atoms. The van der Waals surface area contributed by atoms with E-state index in [1.807, 2.05) is 37.3 Å². The smallest absolute Gasteiger partial charge is 0.212 e. The Labute approximate surface area is 149 Å². The Morgan fingerprint density at radius 2 is 1.88 bits per heavy atom. The van der Waals surface area contributed by atoms with Crippen molar-refractivity contribution in [3.8, 4) is 11.6 Å². The second kappa shape index (κ2) is 6.98. The third-order valence-electron chi connectivity index (χ3n) is 3.67. The number of hydrogen-bond acceptors (Lipinski definition) is 5. The molecule has 0 bridgehead atoms. The second-order valence-corrected chi connectivity index (χ2v) is 6.97. The van der Waals surface area contributed by atoms with Gasteiger partial charge in [0, 0.05) is 6.07 Å². The van der Waals surface area contributed by atoms with E-state index in [4.69, 9.17) is 12.2 Å². The van der Waals surface area contributed by atoms with Crippen molar-refractivity contribution in [1.29, 1.82) is 0 Å². The minimum atomic E-state index is -0.0714. The lowest BCUT2D eigenvalue weighted by Crippen LogP contribution is -2.06. The summed E-state index contributed by atoms with van der Waals surface area (Å²) in [5, 5.41) is 20.0. The van der Waals surface area contributed by atoms with Gasteiger partial charge in [-0.05, 0) is 36.8 Å². The highest BCUT2D eigenvalue weighted by atomic mass is 32.1. The highest BCUT2D eigenvalue weighted by molar-refractivity contribution is 7.73. The van der Waals surface area contributed by atoms with Gasteiger partial charge in [0.05, 0.1) is 17.9 Å². The van der Waals surface area contributed by atoms with Gasteiger partial charge in [0.25, 0.3) is 0 Å². The summed E-state index contributed by atoms with van der Waals surface area (Å²) in [5.74, 6) is 0.252. The molecule has 0 fully saturated rings. The number of nitrogens with zero attached hydrogens (tertiary/aromatic N) is 2. The van der Waals surface area contributed by atoms with Crippen LogP contribution in [-0.2, 0) is 0 Å². The van der Waals surface area contributed by atoms with Gasteiger partial charge >= 0.3 is 0 Å². The van der Waals surface area contributed by atoms with Crippen molar-refractivity contribution in [2.45, 2.75) is 13.0 Å². The van der Waals surface area contributed by atoms with Gasteiger partial charge in [-0.1, -0.05) is 47.7 Å². The molecule has 0 aliphatic carbocycles. The lowest BCUT2D eigenvalue weighted by atomic mass is 10.1. The molecule has 0 aliphatic heterocycles. The van der Waals surface area contributed by atoms with E-state index in [0.29, 0.717) is 14.5 Å². The summed E-state index contributed by atoms with van der Waals surface area (Å²) < 4.78 is 2.31. The van der Waals surface area contributed by atoms with Crippen molar-refractivity contribution < 1.29 is 10.2 Å². The van der Waals surface area contributed by atoms with E-state index in [-0.39, 0.29) is 17.7 Å². The molecule has 1 heterocycles. The van der Waals surface area contributed by atoms with Crippen molar-refractivity contribution in [2.24, 2.45) is 4.99 Å². The zero-order valence-corrected chi connectivity index (χ0v) is 14.6. The first-order chi connectivity index (χ1) is 11.6. The van der Waals surface area contributed by atoms with Gasteiger partial charge in [0.1, 0.15) is 10.6 Å². The molecular formula is C18H16N2O2S2. The summed E-state index contributed by atoms with van der Waals surface area (Å²) in [6.07, 6.45) is 1.57. The minimum absolute atomic E-state index is 0.0714. The monoisotopic (exact) mass is 356 g/mol. The van der Waals surface area contributed by atoms with Gasteiger partial charge in [-0.3, -0.25) is 9.56 Å². The molecular weight excluding hydrogens is 340 g/mol. The van der Waals surface area contributed by atoms with Gasteiger partial charge in [0.2, 0.25) is 5.88 Å². The molecule has 0 saturated carbocycles. The zero-order valence-electron chi connectivity index (χ0n) is 13.0. The average Bonchev–Trinajstić information content (AvgIpc) is 2.87. The minimum Gasteiger partial charge on any atom is -0.508 e. The Morgan fingerprint density at radius 3 is 2.58 bits per heavy atom. The molecule has 0 amide bonds. The first kappa shape index (κ1) is 16.4. The van der Waals surface area contributed by atoms with Crippen LogP contribution < -0.4 is 0 Å². The SMILES string of the molecule is C[C@@H](c1ccccc1)n1c(O)c(C=Nc2cccc(O)c2)sc1=S. The van der Waals surface area contributed by atoms with Crippen LogP contribution in [0.5, 0.6) is 11.6 Å². The van der Waals surface area contributed by atoms with Crippen molar-refractivity contribution in [1.82, 2.24) is 4.57 Å². The van der Waals surface area contributed by atoms with Crippen LogP contribution in [0.25, 0.3) is 0 Å². The highest BCUT2D eigenvalue weighted by Crippen LogP contribution is 2.31. The molecule has 6 heteroatoms. The summed E-state index contributed by atoms with van der Waals surface area (Å²) in [5.41, 5.74) is 1.68. The zero-order chi connectivity index (χ0) is 17.1. The molecule has 2 N–H and O–H groups in total. The van der Waals surface area contributed by atoms with Gasteiger partial charge in [-0.15, -0.1) is 0 Å². The lowest BCUT2D eigenvalue weighted by Gasteiger charge is -2.14. The van der Waals surface area contributed by atoms with Crippen LogP contribution >= 0.6 is 23.6 Å². The van der Waals surface area contributed by atoms with Crippen LogP contribution in [0.15, 0.2) is 59.6 Å². The van der Waals surface area contributed by atoms with Gasteiger partial charge in [-0.25, -0.2) is 0 Å². The van der Waals surface area contributed by atoms with Crippen LogP contribution in [-0.4, -0.2) is 21.0 Å². The topological polar surface area (TPSA) is 57.8 Å². The first-order valence-corrected chi connectivity index (χ1v) is 8.61. The number of phenols is 1. The molecule has 122 valence electrons. The molecule has 2 aromatic carbocycles. The molecule has 0 unspecified atom stereocenters. The maximum Gasteiger partial charge on any atom is 0.212 e. The average molecular weight is 356 g/mol. The molecule has 0 aliphatic rings. The predicted molar refractivity (Wildman–Crippen MR) is 100 cm³/mol. The summed E-state index contributed by atoms with van der Waals surface area (Å²) >= 11 is 6.71. The van der Waals surface area contributed by atoms with Crippen LogP contribution in [0.4, 0.5) is 5.69 Å². The molecule has 3 rings (SSSR count). The Morgan fingerprint density at radius 1 is 1.12 bits per heavy atom. The summed E-state index contributed by atoms with van der Waals surface area (Å²) in [6, 6.07) is 16.4. The van der Waals surface area contributed by atoms with E-state index in [0.717, 1.165) is 5.56 Å². The summed E-state index contributed by atoms with van der Waals surface area (Å²) in [7, 11) is 0. The van der Waals surface area contributed by atoms with Crippen molar-refractivity contribution in [3.63, 3.8) is 0 Å². The number of aliphatic imine (C=N–C) groups is 1. The molecule has 0 spiro atoms.